The summed E-state index contributed by atoms with van der Waals surface area (Å²) in [7, 11) is 0. The van der Waals surface area contributed by atoms with E-state index in [1.807, 2.05) is 36.4 Å². The Hall–Kier alpha value is -3.73. The number of nitrogens with two attached hydrogens (primary N) is 1. The summed E-state index contributed by atoms with van der Waals surface area (Å²) >= 11 is 6.33. The highest BCUT2D eigenvalue weighted by Gasteiger charge is 2.24. The first-order valence-electron chi connectivity index (χ1n) is 13.4. The molecule has 4 rings (SSSR count). The zero-order chi connectivity index (χ0) is 28.6. The molecule has 2 atom stereocenters. The number of aliphatic hydroxyl groups is 1. The van der Waals surface area contributed by atoms with Crippen molar-refractivity contribution in [3.8, 4) is 11.3 Å². The highest BCUT2D eigenvalue weighted by molar-refractivity contribution is 6.30. The van der Waals surface area contributed by atoms with E-state index in [1.54, 1.807) is 25.1 Å². The topological polar surface area (TPSA) is 158 Å². The van der Waals surface area contributed by atoms with Crippen molar-refractivity contribution in [2.45, 2.75) is 51.7 Å². The maximum Gasteiger partial charge on any atom is 0.411 e. The van der Waals surface area contributed by atoms with Crippen LogP contribution in [0.2, 0.25) is 5.02 Å². The van der Waals surface area contributed by atoms with Gasteiger partial charge in [-0.3, -0.25) is 5.41 Å². The van der Waals surface area contributed by atoms with Crippen LogP contribution in [0.1, 0.15) is 57.0 Å². The molecule has 0 saturated heterocycles. The lowest BCUT2D eigenvalue weighted by Crippen LogP contribution is -2.35. The van der Waals surface area contributed by atoms with E-state index in [9.17, 15) is 9.90 Å². The number of carbonyl (C=O) groups is 1. The largest absolute Gasteiger partial charge is 0.411 e. The standard InChI is InChI=1S/C29H36ClN7O3/c1-17-11-13-19(14-12-17)16-33-25-24(21-9-6-10-22(30)15-21)34-28(26(31)40-29(32)39)35-27(25)37-36-23(18(2)38)20-7-4-3-5-8-20/h3-10,15,17-19,23,31,33,36,38H,11-14,16H2,1-2H3,(H2,32,39)(H,34,35,37)/t17?,18-,19?,23-/m0/s1. The number of nitrogens with one attached hydrogen (secondary N) is 4. The van der Waals surface area contributed by atoms with Crippen LogP contribution < -0.4 is 21.9 Å². The molecule has 1 heterocycles. The summed E-state index contributed by atoms with van der Waals surface area (Å²) in [6.07, 6.45) is 2.72. The first-order chi connectivity index (χ1) is 19.2. The molecule has 10 nitrogen and oxygen atoms in total. The number of aliphatic hydroxyl groups excluding tert-OH is 1. The number of benzene rings is 2. The van der Waals surface area contributed by atoms with E-state index in [2.05, 4.69) is 33.1 Å². The summed E-state index contributed by atoms with van der Waals surface area (Å²) in [4.78, 5) is 20.5. The summed E-state index contributed by atoms with van der Waals surface area (Å²) < 4.78 is 4.81. The van der Waals surface area contributed by atoms with Crippen LogP contribution in [0.3, 0.4) is 0 Å². The summed E-state index contributed by atoms with van der Waals surface area (Å²) in [6.45, 7) is 4.68. The number of hydrogen-bond donors (Lipinski definition) is 6. The minimum absolute atomic E-state index is 0.150. The highest BCUT2D eigenvalue weighted by atomic mass is 35.5. The predicted octanol–water partition coefficient (Wildman–Crippen LogP) is 5.49. The molecular formula is C29H36ClN7O3. The zero-order valence-electron chi connectivity index (χ0n) is 22.7. The van der Waals surface area contributed by atoms with Crippen LogP contribution in [0.15, 0.2) is 54.6 Å². The normalized spacial score (nSPS) is 18.4. The molecule has 0 unspecified atom stereocenters. The van der Waals surface area contributed by atoms with Crippen molar-refractivity contribution >= 4 is 35.1 Å². The van der Waals surface area contributed by atoms with E-state index < -0.39 is 24.1 Å². The number of nitrogens with zero attached hydrogens (tertiary/aromatic N) is 2. The van der Waals surface area contributed by atoms with Crippen LogP contribution in [0, 0.1) is 17.2 Å². The Bertz CT molecular complexity index is 1310. The number of hydrogen-bond acceptors (Lipinski definition) is 9. The second-order valence-corrected chi connectivity index (χ2v) is 10.7. The van der Waals surface area contributed by atoms with Gasteiger partial charge in [-0.05, 0) is 49.3 Å². The third kappa shape index (κ3) is 7.68. The number of hydrazine groups is 1. The van der Waals surface area contributed by atoms with Gasteiger partial charge in [0.15, 0.2) is 5.82 Å². The van der Waals surface area contributed by atoms with E-state index in [1.165, 1.54) is 12.8 Å². The monoisotopic (exact) mass is 565 g/mol. The SMILES string of the molecule is CC1CCC(CNc2c(NN[C@H](c3ccccc3)[C@H](C)O)nc(C(=N)OC(N)=O)nc2-c2cccc(Cl)c2)CC1. The van der Waals surface area contributed by atoms with Gasteiger partial charge in [-0.2, -0.15) is 0 Å². The Morgan fingerprint density at radius 2 is 1.88 bits per heavy atom. The van der Waals surface area contributed by atoms with E-state index in [0.717, 1.165) is 24.3 Å². The van der Waals surface area contributed by atoms with Gasteiger partial charge in [-0.1, -0.05) is 73.8 Å². The second kappa shape index (κ2) is 13.6. The molecule has 1 saturated carbocycles. The number of ether oxygens (including phenoxy) is 1. The molecule has 1 aliphatic rings. The smallest absolute Gasteiger partial charge is 0.391 e. The molecule has 3 aromatic rings. The molecule has 212 valence electrons. The van der Waals surface area contributed by atoms with Crippen LogP contribution in [0.5, 0.6) is 0 Å². The van der Waals surface area contributed by atoms with E-state index in [-0.39, 0.29) is 5.82 Å². The summed E-state index contributed by atoms with van der Waals surface area (Å²) in [6, 6.07) is 16.2. The molecule has 40 heavy (non-hydrogen) atoms. The number of primary amides is 1. The van der Waals surface area contributed by atoms with Crippen molar-refractivity contribution in [1.29, 1.82) is 5.41 Å². The first kappa shape index (κ1) is 29.3. The van der Waals surface area contributed by atoms with Gasteiger partial charge in [0.2, 0.25) is 5.82 Å². The van der Waals surface area contributed by atoms with Gasteiger partial charge in [0.05, 0.1) is 17.8 Å². The highest BCUT2D eigenvalue weighted by Crippen LogP contribution is 2.35. The minimum Gasteiger partial charge on any atom is -0.391 e. The third-order valence-corrected chi connectivity index (χ3v) is 7.34. The Labute approximate surface area is 239 Å². The van der Waals surface area contributed by atoms with Crippen LogP contribution in [-0.2, 0) is 4.74 Å². The summed E-state index contributed by atoms with van der Waals surface area (Å²) in [5.41, 5.74) is 14.1. The Kier molecular flexibility index (Phi) is 9.92. The molecule has 1 aromatic heterocycles. The third-order valence-electron chi connectivity index (χ3n) is 7.10. The van der Waals surface area contributed by atoms with Gasteiger partial charge in [0, 0.05) is 17.1 Å². The fraction of sp³-hybridized carbons (Fsp3) is 0.379. The molecule has 7 N–H and O–H groups in total. The molecule has 1 amide bonds. The first-order valence-corrected chi connectivity index (χ1v) is 13.8. The summed E-state index contributed by atoms with van der Waals surface area (Å²) in [5, 5.41) is 22.8. The van der Waals surface area contributed by atoms with Crippen molar-refractivity contribution in [3.05, 3.63) is 71.0 Å². The van der Waals surface area contributed by atoms with E-state index >= 15 is 0 Å². The Balaban J connectivity index is 1.75. The number of anilines is 2. The van der Waals surface area contributed by atoms with Crippen molar-refractivity contribution in [1.82, 2.24) is 15.4 Å². The lowest BCUT2D eigenvalue weighted by molar-refractivity contribution is 0.149. The fourth-order valence-electron chi connectivity index (χ4n) is 4.88. The van der Waals surface area contributed by atoms with Crippen LogP contribution >= 0.6 is 11.6 Å². The molecule has 0 radical (unpaired) electrons. The fourth-order valence-corrected chi connectivity index (χ4v) is 5.07. The molecule has 2 aromatic carbocycles. The molecule has 0 spiro atoms. The lowest BCUT2D eigenvalue weighted by atomic mass is 9.83. The molecule has 0 aliphatic heterocycles. The molecule has 1 fully saturated rings. The van der Waals surface area contributed by atoms with Gasteiger partial charge in [-0.25, -0.2) is 20.2 Å². The average Bonchev–Trinajstić information content (AvgIpc) is 2.93. The predicted molar refractivity (Wildman–Crippen MR) is 157 cm³/mol. The van der Waals surface area contributed by atoms with Crippen molar-refractivity contribution < 1.29 is 14.6 Å². The minimum atomic E-state index is -1.14. The Morgan fingerprint density at radius 1 is 1.15 bits per heavy atom. The number of halogens is 1. The maximum absolute atomic E-state index is 11.4. The Morgan fingerprint density at radius 3 is 2.52 bits per heavy atom. The average molecular weight is 566 g/mol. The number of rotatable bonds is 10. The van der Waals surface area contributed by atoms with E-state index in [0.29, 0.717) is 40.2 Å². The lowest BCUT2D eigenvalue weighted by Gasteiger charge is -2.28. The molecule has 1 aliphatic carbocycles. The van der Waals surface area contributed by atoms with Crippen molar-refractivity contribution in [2.75, 3.05) is 17.3 Å². The summed E-state index contributed by atoms with van der Waals surface area (Å²) in [5.74, 6) is 0.776. The second-order valence-electron chi connectivity index (χ2n) is 10.3. The van der Waals surface area contributed by atoms with Crippen LogP contribution in [0.25, 0.3) is 11.3 Å². The van der Waals surface area contributed by atoms with Gasteiger partial charge in [0.25, 0.3) is 5.90 Å². The van der Waals surface area contributed by atoms with E-state index in [4.69, 9.17) is 27.5 Å². The van der Waals surface area contributed by atoms with Crippen molar-refractivity contribution in [2.24, 2.45) is 17.6 Å². The number of carbonyl (C=O) groups excluding carboxylic acids is 1. The van der Waals surface area contributed by atoms with Gasteiger partial charge in [0.1, 0.15) is 5.69 Å². The van der Waals surface area contributed by atoms with Gasteiger partial charge < -0.3 is 26.3 Å². The van der Waals surface area contributed by atoms with Crippen LogP contribution in [0.4, 0.5) is 16.3 Å². The van der Waals surface area contributed by atoms with Crippen LogP contribution in [-0.4, -0.2) is 39.7 Å². The van der Waals surface area contributed by atoms with Crippen molar-refractivity contribution in [3.63, 3.8) is 0 Å². The zero-order valence-corrected chi connectivity index (χ0v) is 23.4. The molecule has 11 heteroatoms. The molecule has 0 bridgehead atoms. The number of aromatic nitrogens is 2. The molecular weight excluding hydrogens is 530 g/mol. The van der Waals surface area contributed by atoms with Gasteiger partial charge in [-0.15, -0.1) is 0 Å². The number of amides is 1. The quantitative estimate of drug-likeness (QED) is 0.107. The van der Waals surface area contributed by atoms with Gasteiger partial charge >= 0.3 is 6.09 Å². The maximum atomic E-state index is 11.4.